The number of rotatable bonds is 4. The Balaban J connectivity index is 1.42. The van der Waals surface area contributed by atoms with Crippen LogP contribution in [0.2, 0.25) is 0 Å². The fraction of sp³-hybridized carbons (Fsp3) is 0.273. The van der Waals surface area contributed by atoms with Crippen molar-refractivity contribution in [2.75, 3.05) is 17.8 Å². The number of amides is 1. The van der Waals surface area contributed by atoms with Crippen LogP contribution in [-0.4, -0.2) is 36.9 Å². The third-order valence-electron chi connectivity index (χ3n) is 5.92. The second-order valence-corrected chi connectivity index (χ2v) is 10.9. The number of pyridine rings is 1. The Morgan fingerprint density at radius 2 is 1.81 bits per heavy atom. The van der Waals surface area contributed by atoms with Gasteiger partial charge in [0.15, 0.2) is 0 Å². The van der Waals surface area contributed by atoms with Gasteiger partial charge in [-0.1, -0.05) is 24.3 Å². The van der Waals surface area contributed by atoms with E-state index < -0.39 is 10.0 Å². The molecule has 7 nitrogen and oxygen atoms in total. The van der Waals surface area contributed by atoms with Crippen molar-refractivity contribution in [1.29, 1.82) is 0 Å². The second kappa shape index (κ2) is 7.65. The second-order valence-electron chi connectivity index (χ2n) is 8.00. The van der Waals surface area contributed by atoms with Crippen molar-refractivity contribution >= 4 is 33.0 Å². The number of fused-ring (bicyclic) bond motifs is 4. The Hall–Kier alpha value is -2.91. The molecule has 1 amide bonds. The van der Waals surface area contributed by atoms with E-state index in [-0.39, 0.29) is 33.2 Å². The number of sulfonamides is 1. The monoisotopic (exact) mass is 455 g/mol. The maximum absolute atomic E-state index is 13.1. The highest BCUT2D eigenvalue weighted by Gasteiger charge is 2.37. The van der Waals surface area contributed by atoms with Crippen LogP contribution in [0.25, 0.3) is 0 Å². The van der Waals surface area contributed by atoms with Gasteiger partial charge < -0.3 is 9.47 Å². The number of nitrogens with zero attached hydrogens (tertiary/aromatic N) is 2. The standard InChI is InChI=1S/C22H21N3O4S2/c26-21(16-5-2-1-3-6-16)24-12-15-11-17(14-24)19-9-8-18(22(27)25(19)13-15)23-31(28,29)20-7-4-10-30-20/h1-10,15,17,23H,11-14H2/t15-,17-/m1/s1. The van der Waals surface area contributed by atoms with Crippen LogP contribution in [0.4, 0.5) is 5.69 Å². The van der Waals surface area contributed by atoms with Crippen molar-refractivity contribution in [3.05, 3.63) is 81.6 Å². The molecule has 2 aromatic heterocycles. The zero-order chi connectivity index (χ0) is 21.6. The van der Waals surface area contributed by atoms with Gasteiger partial charge in [-0.25, -0.2) is 8.42 Å². The summed E-state index contributed by atoms with van der Waals surface area (Å²) in [6, 6.07) is 15.7. The maximum Gasteiger partial charge on any atom is 0.275 e. The highest BCUT2D eigenvalue weighted by atomic mass is 32.2. The van der Waals surface area contributed by atoms with E-state index in [4.69, 9.17) is 0 Å². The number of anilines is 1. The van der Waals surface area contributed by atoms with Crippen LogP contribution < -0.4 is 10.3 Å². The van der Waals surface area contributed by atoms with Gasteiger partial charge in [0.1, 0.15) is 9.90 Å². The molecule has 5 rings (SSSR count). The van der Waals surface area contributed by atoms with E-state index in [0.29, 0.717) is 25.2 Å². The highest BCUT2D eigenvalue weighted by molar-refractivity contribution is 7.94. The molecule has 160 valence electrons. The largest absolute Gasteiger partial charge is 0.338 e. The SMILES string of the molecule is O=C(c1ccccc1)N1C[C@H]2C[C@H](C1)c1ccc(NS(=O)(=O)c3cccs3)c(=O)n1C2. The van der Waals surface area contributed by atoms with Gasteiger partial charge in [-0.2, -0.15) is 0 Å². The van der Waals surface area contributed by atoms with E-state index in [1.165, 1.54) is 12.1 Å². The predicted molar refractivity (Wildman–Crippen MR) is 119 cm³/mol. The topological polar surface area (TPSA) is 88.5 Å². The number of piperidine rings is 1. The Bertz CT molecular complexity index is 1280. The molecule has 2 bridgehead atoms. The van der Waals surface area contributed by atoms with Crippen molar-refractivity contribution in [3.8, 4) is 0 Å². The summed E-state index contributed by atoms with van der Waals surface area (Å²) in [5.74, 6) is 0.211. The van der Waals surface area contributed by atoms with Crippen LogP contribution in [0, 0.1) is 5.92 Å². The number of hydrogen-bond donors (Lipinski definition) is 1. The zero-order valence-corrected chi connectivity index (χ0v) is 18.2. The summed E-state index contributed by atoms with van der Waals surface area (Å²) in [7, 11) is -3.79. The molecule has 1 saturated heterocycles. The average molecular weight is 456 g/mol. The number of benzene rings is 1. The summed E-state index contributed by atoms with van der Waals surface area (Å²) in [4.78, 5) is 27.9. The van der Waals surface area contributed by atoms with E-state index in [1.54, 1.807) is 16.0 Å². The van der Waals surface area contributed by atoms with E-state index >= 15 is 0 Å². The molecule has 1 aromatic carbocycles. The molecule has 0 spiro atoms. The molecular formula is C22H21N3O4S2. The number of hydrogen-bond acceptors (Lipinski definition) is 5. The molecule has 2 aliphatic rings. The number of carbonyl (C=O) groups is 1. The lowest BCUT2D eigenvalue weighted by atomic mass is 9.83. The Morgan fingerprint density at radius 1 is 1.00 bits per heavy atom. The lowest BCUT2D eigenvalue weighted by Crippen LogP contribution is -2.49. The van der Waals surface area contributed by atoms with Gasteiger partial charge >= 0.3 is 0 Å². The quantitative estimate of drug-likeness (QED) is 0.655. The number of aromatic nitrogens is 1. The summed E-state index contributed by atoms with van der Waals surface area (Å²) in [5, 5.41) is 1.68. The molecule has 4 heterocycles. The minimum atomic E-state index is -3.79. The van der Waals surface area contributed by atoms with Crippen molar-refractivity contribution in [2.45, 2.75) is 23.1 Å². The summed E-state index contributed by atoms with van der Waals surface area (Å²) < 4.78 is 29.4. The van der Waals surface area contributed by atoms with Gasteiger partial charge in [0.05, 0.1) is 0 Å². The molecule has 0 aliphatic carbocycles. The first-order valence-electron chi connectivity index (χ1n) is 10.1. The fourth-order valence-electron chi connectivity index (χ4n) is 4.56. The number of thiophene rings is 1. The van der Waals surface area contributed by atoms with Crippen LogP contribution >= 0.6 is 11.3 Å². The fourth-order valence-corrected chi connectivity index (χ4v) is 6.61. The van der Waals surface area contributed by atoms with Gasteiger partial charge in [-0.05, 0) is 48.1 Å². The van der Waals surface area contributed by atoms with E-state index in [1.807, 2.05) is 41.3 Å². The molecule has 31 heavy (non-hydrogen) atoms. The summed E-state index contributed by atoms with van der Waals surface area (Å²) in [6.45, 7) is 1.60. The van der Waals surface area contributed by atoms with Crippen molar-refractivity contribution in [2.24, 2.45) is 5.92 Å². The minimum absolute atomic E-state index is 0.00595. The van der Waals surface area contributed by atoms with E-state index in [9.17, 15) is 18.0 Å². The summed E-state index contributed by atoms with van der Waals surface area (Å²) in [6.07, 6.45) is 0.915. The van der Waals surface area contributed by atoms with Crippen LogP contribution in [0.3, 0.4) is 0 Å². The Morgan fingerprint density at radius 3 is 2.55 bits per heavy atom. The van der Waals surface area contributed by atoms with Gasteiger partial charge in [0.25, 0.3) is 21.5 Å². The molecule has 9 heteroatoms. The molecule has 1 fully saturated rings. The van der Waals surface area contributed by atoms with Gasteiger partial charge in [0.2, 0.25) is 0 Å². The first-order valence-corrected chi connectivity index (χ1v) is 12.4. The van der Waals surface area contributed by atoms with E-state index in [2.05, 4.69) is 4.72 Å². The molecule has 3 aromatic rings. The van der Waals surface area contributed by atoms with Crippen LogP contribution in [0.1, 0.15) is 28.4 Å². The molecule has 0 saturated carbocycles. The molecule has 2 atom stereocenters. The Kier molecular flexibility index (Phi) is 4.94. The van der Waals surface area contributed by atoms with Crippen LogP contribution in [0.5, 0.6) is 0 Å². The number of nitrogens with one attached hydrogen (secondary N) is 1. The van der Waals surface area contributed by atoms with Gasteiger partial charge in [0, 0.05) is 36.8 Å². The summed E-state index contributed by atoms with van der Waals surface area (Å²) >= 11 is 1.10. The minimum Gasteiger partial charge on any atom is -0.338 e. The summed E-state index contributed by atoms with van der Waals surface area (Å²) in [5.41, 5.74) is 1.23. The zero-order valence-electron chi connectivity index (χ0n) is 16.6. The van der Waals surface area contributed by atoms with Crippen molar-refractivity contribution < 1.29 is 13.2 Å². The number of likely N-dealkylation sites (tertiary alicyclic amines) is 1. The van der Waals surface area contributed by atoms with Crippen LogP contribution in [-0.2, 0) is 16.6 Å². The average Bonchev–Trinajstić information content (AvgIpc) is 3.32. The predicted octanol–water partition coefficient (Wildman–Crippen LogP) is 2.97. The molecule has 0 radical (unpaired) electrons. The molecule has 0 unspecified atom stereocenters. The third-order valence-corrected chi connectivity index (χ3v) is 8.68. The maximum atomic E-state index is 13.1. The van der Waals surface area contributed by atoms with Crippen molar-refractivity contribution in [3.63, 3.8) is 0 Å². The lowest BCUT2D eigenvalue weighted by Gasteiger charge is -2.43. The third kappa shape index (κ3) is 3.68. The molecule has 2 aliphatic heterocycles. The molecular weight excluding hydrogens is 434 g/mol. The highest BCUT2D eigenvalue weighted by Crippen LogP contribution is 2.36. The Labute approximate surface area is 184 Å². The molecule has 1 N–H and O–H groups in total. The lowest BCUT2D eigenvalue weighted by molar-refractivity contribution is 0.0594. The number of carbonyl (C=O) groups excluding carboxylic acids is 1. The smallest absolute Gasteiger partial charge is 0.275 e. The van der Waals surface area contributed by atoms with Gasteiger partial charge in [-0.3, -0.25) is 14.3 Å². The van der Waals surface area contributed by atoms with E-state index in [0.717, 1.165) is 23.5 Å². The van der Waals surface area contributed by atoms with Gasteiger partial charge in [-0.15, -0.1) is 11.3 Å². The van der Waals surface area contributed by atoms with Crippen LogP contribution in [0.15, 0.2) is 69.0 Å². The van der Waals surface area contributed by atoms with Crippen molar-refractivity contribution in [1.82, 2.24) is 9.47 Å². The first kappa shape index (κ1) is 20.0. The first-order chi connectivity index (χ1) is 14.9. The normalized spacial score (nSPS) is 20.2.